The maximum Gasteiger partial charge on any atom is 0.163 e. The lowest BCUT2D eigenvalue weighted by molar-refractivity contribution is 0.212. The second-order valence-electron chi connectivity index (χ2n) is 2.56. The predicted molar refractivity (Wildman–Crippen MR) is 54.1 cm³/mol. The third-order valence-corrected chi connectivity index (χ3v) is 2.31. The Bertz CT molecular complexity index is 333. The van der Waals surface area contributed by atoms with Crippen LogP contribution in [0.3, 0.4) is 0 Å². The molecule has 0 saturated heterocycles. The number of benzene rings is 1. The average Bonchev–Trinajstić information content (AvgIpc) is 2.04. The molecule has 1 atom stereocenters. The zero-order valence-electron chi connectivity index (χ0n) is 6.20. The number of halogens is 1. The van der Waals surface area contributed by atoms with Crippen molar-refractivity contribution in [2.75, 3.05) is 0 Å². The smallest absolute Gasteiger partial charge is 0.163 e. The first-order valence-corrected chi connectivity index (χ1v) is 4.67. The zero-order valence-corrected chi connectivity index (χ0v) is 8.36. The Morgan fingerprint density at radius 3 is 2.92 bits per heavy atom. The summed E-state index contributed by atoms with van der Waals surface area (Å²) >= 11 is 2.05. The first-order valence-electron chi connectivity index (χ1n) is 3.59. The zero-order chi connectivity index (χ0) is 8.55. The minimum Gasteiger partial charge on any atom is -0.451 e. The highest BCUT2D eigenvalue weighted by molar-refractivity contribution is 14.1. The summed E-state index contributed by atoms with van der Waals surface area (Å²) in [5.74, 6) is 0.747. The summed E-state index contributed by atoms with van der Waals surface area (Å²) in [4.78, 5) is 0. The molecule has 0 saturated carbocycles. The van der Waals surface area contributed by atoms with Crippen molar-refractivity contribution < 1.29 is 9.84 Å². The summed E-state index contributed by atoms with van der Waals surface area (Å²) in [6, 6.07) is 7.49. The van der Waals surface area contributed by atoms with E-state index in [1.165, 1.54) is 0 Å². The van der Waals surface area contributed by atoms with Crippen molar-refractivity contribution in [3.8, 4) is 5.75 Å². The van der Waals surface area contributed by atoms with Gasteiger partial charge in [0.05, 0.1) is 0 Å². The highest BCUT2D eigenvalue weighted by Gasteiger charge is 2.17. The van der Waals surface area contributed by atoms with Crippen molar-refractivity contribution in [3.05, 3.63) is 39.7 Å². The van der Waals surface area contributed by atoms with Gasteiger partial charge in [0.25, 0.3) is 0 Å². The topological polar surface area (TPSA) is 29.5 Å². The Morgan fingerprint density at radius 1 is 1.33 bits per heavy atom. The van der Waals surface area contributed by atoms with Crippen molar-refractivity contribution in [1.82, 2.24) is 0 Å². The molecule has 1 unspecified atom stereocenters. The van der Waals surface area contributed by atoms with Crippen molar-refractivity contribution in [2.24, 2.45) is 0 Å². The largest absolute Gasteiger partial charge is 0.451 e. The van der Waals surface area contributed by atoms with Gasteiger partial charge in [0.1, 0.15) is 11.9 Å². The summed E-state index contributed by atoms with van der Waals surface area (Å²) in [5.41, 5.74) is 0.831. The molecule has 0 amide bonds. The van der Waals surface area contributed by atoms with Crippen LogP contribution >= 0.6 is 22.6 Å². The molecule has 0 radical (unpaired) electrons. The maximum atomic E-state index is 9.57. The van der Waals surface area contributed by atoms with Gasteiger partial charge in [0, 0.05) is 5.56 Å². The number of rotatable bonds is 0. The molecule has 62 valence electrons. The van der Waals surface area contributed by atoms with Crippen molar-refractivity contribution >= 4 is 22.6 Å². The van der Waals surface area contributed by atoms with E-state index in [0.29, 0.717) is 0 Å². The van der Waals surface area contributed by atoms with Gasteiger partial charge in [-0.15, -0.1) is 0 Å². The molecule has 2 nitrogen and oxygen atoms in total. The van der Waals surface area contributed by atoms with E-state index in [4.69, 9.17) is 4.74 Å². The van der Waals surface area contributed by atoms with Crippen LogP contribution in [0.15, 0.2) is 34.1 Å². The molecule has 1 N–H and O–H groups in total. The van der Waals surface area contributed by atoms with Gasteiger partial charge in [-0.3, -0.25) is 0 Å². The predicted octanol–water partition coefficient (Wildman–Crippen LogP) is 2.39. The average molecular weight is 274 g/mol. The second kappa shape index (κ2) is 3.06. The van der Waals surface area contributed by atoms with Gasteiger partial charge in [0.15, 0.2) is 3.77 Å². The molecule has 1 aliphatic heterocycles. The molecule has 2 rings (SSSR count). The molecule has 0 fully saturated rings. The Morgan fingerprint density at radius 2 is 2.08 bits per heavy atom. The molecule has 0 aliphatic carbocycles. The Kier molecular flexibility index (Phi) is 2.06. The molecule has 3 heteroatoms. The standard InChI is InChI=1S/C9H7IO2/c10-9-5-7(11)6-3-1-2-4-8(6)12-9/h1-5,7,11H. The maximum absolute atomic E-state index is 9.57. The van der Waals surface area contributed by atoms with Crippen LogP contribution in [-0.2, 0) is 0 Å². The Labute approximate surface area is 84.0 Å². The minimum absolute atomic E-state index is 0.526. The molecule has 0 spiro atoms. The number of ether oxygens (including phenoxy) is 1. The number of aliphatic hydroxyl groups excluding tert-OH is 1. The van der Waals surface area contributed by atoms with E-state index < -0.39 is 6.10 Å². The SMILES string of the molecule is OC1C=C(I)Oc2ccccc21. The summed E-state index contributed by atoms with van der Waals surface area (Å²) in [6.07, 6.45) is 1.16. The highest BCUT2D eigenvalue weighted by Crippen LogP contribution is 2.34. The van der Waals surface area contributed by atoms with E-state index in [-0.39, 0.29) is 0 Å². The van der Waals surface area contributed by atoms with E-state index in [0.717, 1.165) is 15.1 Å². The van der Waals surface area contributed by atoms with Gasteiger partial charge < -0.3 is 9.84 Å². The van der Waals surface area contributed by atoms with Gasteiger partial charge in [-0.25, -0.2) is 0 Å². The fourth-order valence-electron chi connectivity index (χ4n) is 1.17. The van der Waals surface area contributed by atoms with Crippen molar-refractivity contribution in [1.29, 1.82) is 0 Å². The number of para-hydroxylation sites is 1. The summed E-state index contributed by atoms with van der Waals surface area (Å²) < 4.78 is 6.11. The number of aliphatic hydroxyl groups is 1. The van der Waals surface area contributed by atoms with E-state index in [9.17, 15) is 5.11 Å². The number of hydrogen-bond acceptors (Lipinski definition) is 2. The minimum atomic E-state index is -0.526. The van der Waals surface area contributed by atoms with Crippen LogP contribution in [0.1, 0.15) is 11.7 Å². The lowest BCUT2D eigenvalue weighted by Gasteiger charge is -2.18. The highest BCUT2D eigenvalue weighted by atomic mass is 127. The summed E-state index contributed by atoms with van der Waals surface area (Å²) in [7, 11) is 0. The van der Waals surface area contributed by atoms with Crippen LogP contribution in [0.4, 0.5) is 0 Å². The van der Waals surface area contributed by atoms with E-state index in [1.54, 1.807) is 6.08 Å². The van der Waals surface area contributed by atoms with Gasteiger partial charge >= 0.3 is 0 Å². The quantitative estimate of drug-likeness (QED) is 0.736. The Balaban J connectivity index is 2.48. The third-order valence-electron chi connectivity index (χ3n) is 1.73. The second-order valence-corrected chi connectivity index (χ2v) is 3.62. The van der Waals surface area contributed by atoms with Crippen LogP contribution in [-0.4, -0.2) is 5.11 Å². The lowest BCUT2D eigenvalue weighted by Crippen LogP contribution is -2.05. The molecule has 12 heavy (non-hydrogen) atoms. The van der Waals surface area contributed by atoms with Crippen LogP contribution in [0, 0.1) is 0 Å². The number of fused-ring (bicyclic) bond motifs is 1. The van der Waals surface area contributed by atoms with Crippen molar-refractivity contribution in [3.63, 3.8) is 0 Å². The first-order chi connectivity index (χ1) is 5.77. The van der Waals surface area contributed by atoms with Crippen LogP contribution < -0.4 is 4.74 Å². The van der Waals surface area contributed by atoms with Gasteiger partial charge in [-0.2, -0.15) is 0 Å². The van der Waals surface area contributed by atoms with Crippen molar-refractivity contribution in [2.45, 2.75) is 6.10 Å². The molecular formula is C9H7IO2. The van der Waals surface area contributed by atoms with Crippen LogP contribution in [0.25, 0.3) is 0 Å². The van der Waals surface area contributed by atoms with Gasteiger partial charge in [0.2, 0.25) is 0 Å². The van der Waals surface area contributed by atoms with E-state index in [2.05, 4.69) is 0 Å². The third kappa shape index (κ3) is 1.34. The lowest BCUT2D eigenvalue weighted by atomic mass is 10.1. The fourth-order valence-corrected chi connectivity index (χ4v) is 1.75. The molecule has 1 aromatic rings. The molecule has 0 bridgehead atoms. The molecular weight excluding hydrogens is 267 g/mol. The molecule has 1 heterocycles. The molecule has 1 aliphatic rings. The number of hydrogen-bond donors (Lipinski definition) is 1. The van der Waals surface area contributed by atoms with E-state index >= 15 is 0 Å². The summed E-state index contributed by atoms with van der Waals surface area (Å²) in [6.45, 7) is 0. The Hall–Kier alpha value is -0.550. The van der Waals surface area contributed by atoms with E-state index in [1.807, 2.05) is 46.9 Å². The fraction of sp³-hybridized carbons (Fsp3) is 0.111. The molecule has 1 aromatic carbocycles. The van der Waals surface area contributed by atoms with Gasteiger partial charge in [-0.1, -0.05) is 18.2 Å². The normalized spacial score (nSPS) is 20.8. The molecule has 0 aromatic heterocycles. The monoisotopic (exact) mass is 274 g/mol. The van der Waals surface area contributed by atoms with Crippen LogP contribution in [0.5, 0.6) is 5.75 Å². The van der Waals surface area contributed by atoms with Gasteiger partial charge in [-0.05, 0) is 34.7 Å². The summed E-state index contributed by atoms with van der Waals surface area (Å²) in [5, 5.41) is 9.57. The first kappa shape index (κ1) is 8.07. The van der Waals surface area contributed by atoms with Crippen LogP contribution in [0.2, 0.25) is 0 Å².